The molecule has 0 aliphatic carbocycles. The molecule has 0 rings (SSSR count). The first kappa shape index (κ1) is 26.0. The Bertz CT molecular complexity index is 235. The molecule has 0 fully saturated rings. The average Bonchev–Trinajstić information content (AvgIpc) is 2.65. The smallest absolute Gasteiger partial charge is 0.0958 e. The summed E-state index contributed by atoms with van der Waals surface area (Å²) in [5.74, 6) is 0.457. The highest BCUT2D eigenvalue weighted by Crippen LogP contribution is 2.25. The van der Waals surface area contributed by atoms with Crippen LogP contribution in [0.5, 0.6) is 0 Å². The molecular formula is C25H51O. The van der Waals surface area contributed by atoms with Crippen LogP contribution in [0.25, 0.3) is 0 Å². The van der Waals surface area contributed by atoms with Crippen LogP contribution < -0.4 is 0 Å². The van der Waals surface area contributed by atoms with Gasteiger partial charge in [0.2, 0.25) is 0 Å². The first-order valence-electron chi connectivity index (χ1n) is 12.4. The fraction of sp³-hybridized carbons (Fsp3) is 1.00. The largest absolute Gasteiger partial charge is 0.233 e. The van der Waals surface area contributed by atoms with Crippen LogP contribution in [0.2, 0.25) is 0 Å². The van der Waals surface area contributed by atoms with Crippen LogP contribution in [0.15, 0.2) is 0 Å². The van der Waals surface area contributed by atoms with Gasteiger partial charge in [0, 0.05) is 0 Å². The topological polar surface area (TPSA) is 19.9 Å². The summed E-state index contributed by atoms with van der Waals surface area (Å²) in [6.07, 6.45) is 25.6. The molecule has 0 aliphatic rings. The van der Waals surface area contributed by atoms with Crippen molar-refractivity contribution in [3.05, 3.63) is 0 Å². The van der Waals surface area contributed by atoms with Crippen molar-refractivity contribution in [2.75, 3.05) is 0 Å². The summed E-state index contributed by atoms with van der Waals surface area (Å²) in [6.45, 7) is 6.81. The van der Waals surface area contributed by atoms with Gasteiger partial charge < -0.3 is 0 Å². The van der Waals surface area contributed by atoms with Gasteiger partial charge in [-0.2, -0.15) is 0 Å². The van der Waals surface area contributed by atoms with E-state index in [0.29, 0.717) is 5.92 Å². The Balaban J connectivity index is 4.00. The van der Waals surface area contributed by atoms with E-state index in [0.717, 1.165) is 12.8 Å². The molecule has 26 heavy (non-hydrogen) atoms. The van der Waals surface area contributed by atoms with E-state index in [1.807, 2.05) is 0 Å². The lowest BCUT2D eigenvalue weighted by Crippen LogP contribution is -2.19. The van der Waals surface area contributed by atoms with E-state index < -0.39 is 0 Å². The molecule has 0 saturated carbocycles. The number of rotatable bonds is 21. The van der Waals surface area contributed by atoms with Crippen LogP contribution in [0, 0.1) is 5.92 Å². The van der Waals surface area contributed by atoms with Gasteiger partial charge in [-0.3, -0.25) is 0 Å². The maximum absolute atomic E-state index is 12.8. The molecule has 0 aliphatic heterocycles. The average molecular weight is 368 g/mol. The van der Waals surface area contributed by atoms with Crippen molar-refractivity contribution in [3.63, 3.8) is 0 Å². The molecule has 0 N–H and O–H groups in total. The third-order valence-corrected chi connectivity index (χ3v) is 5.97. The predicted molar refractivity (Wildman–Crippen MR) is 117 cm³/mol. The Labute approximate surface area is 166 Å². The van der Waals surface area contributed by atoms with Gasteiger partial charge in [-0.1, -0.05) is 130 Å². The number of unbranched alkanes of at least 4 members (excludes halogenated alkanes) is 14. The van der Waals surface area contributed by atoms with Gasteiger partial charge in [0.15, 0.2) is 0 Å². The van der Waals surface area contributed by atoms with Gasteiger partial charge in [0.05, 0.1) is 6.10 Å². The molecule has 157 valence electrons. The summed E-state index contributed by atoms with van der Waals surface area (Å²) >= 11 is 0. The summed E-state index contributed by atoms with van der Waals surface area (Å²) in [5.41, 5.74) is 0. The van der Waals surface area contributed by atoms with Crippen LogP contribution in [-0.2, 0) is 5.11 Å². The molecule has 1 heteroatoms. The highest BCUT2D eigenvalue weighted by atomic mass is 16.3. The monoisotopic (exact) mass is 367 g/mol. The fourth-order valence-electron chi connectivity index (χ4n) is 4.07. The van der Waals surface area contributed by atoms with Gasteiger partial charge in [-0.05, 0) is 25.2 Å². The molecule has 1 radical (unpaired) electrons. The van der Waals surface area contributed by atoms with Gasteiger partial charge in [-0.15, -0.1) is 0 Å². The highest BCUT2D eigenvalue weighted by Gasteiger charge is 2.19. The Morgan fingerprint density at radius 1 is 0.423 bits per heavy atom. The molecule has 0 aromatic heterocycles. The quantitative estimate of drug-likeness (QED) is 0.180. The maximum Gasteiger partial charge on any atom is 0.0958 e. The van der Waals surface area contributed by atoms with Crippen molar-refractivity contribution in [1.82, 2.24) is 0 Å². The zero-order valence-corrected chi connectivity index (χ0v) is 18.7. The van der Waals surface area contributed by atoms with Crippen molar-refractivity contribution in [2.45, 2.75) is 155 Å². The van der Waals surface area contributed by atoms with Crippen molar-refractivity contribution in [2.24, 2.45) is 5.92 Å². The van der Waals surface area contributed by atoms with E-state index in [2.05, 4.69) is 20.8 Å². The maximum atomic E-state index is 12.8. The molecule has 0 spiro atoms. The van der Waals surface area contributed by atoms with E-state index in [1.165, 1.54) is 116 Å². The lowest BCUT2D eigenvalue weighted by atomic mass is 9.87. The van der Waals surface area contributed by atoms with E-state index in [4.69, 9.17) is 0 Å². The number of hydrogen-bond donors (Lipinski definition) is 0. The van der Waals surface area contributed by atoms with Crippen LogP contribution in [-0.4, -0.2) is 6.10 Å². The second kappa shape index (κ2) is 21.3. The molecule has 0 amide bonds. The minimum absolute atomic E-state index is 0.289. The van der Waals surface area contributed by atoms with Gasteiger partial charge >= 0.3 is 0 Å². The van der Waals surface area contributed by atoms with Crippen LogP contribution >= 0.6 is 0 Å². The van der Waals surface area contributed by atoms with Crippen LogP contribution in [0.4, 0.5) is 0 Å². The molecule has 0 aromatic carbocycles. The molecule has 0 bridgehead atoms. The van der Waals surface area contributed by atoms with E-state index in [-0.39, 0.29) is 6.10 Å². The standard InChI is InChI=1S/C25H51O/c1-4-7-10-13-16-18-21-24(22-19-17-14-11-8-5-2)25(26)23-20-15-12-9-6-3/h24-25H,4-23H2,1-3H3. The summed E-state index contributed by atoms with van der Waals surface area (Å²) in [7, 11) is 0. The zero-order valence-electron chi connectivity index (χ0n) is 18.7. The normalized spacial score (nSPS) is 12.8. The van der Waals surface area contributed by atoms with Gasteiger partial charge in [0.25, 0.3) is 0 Å². The number of hydrogen-bond acceptors (Lipinski definition) is 0. The molecular weight excluding hydrogens is 316 g/mol. The molecule has 1 nitrogen and oxygen atoms in total. The van der Waals surface area contributed by atoms with E-state index >= 15 is 0 Å². The third kappa shape index (κ3) is 17.4. The predicted octanol–water partition coefficient (Wildman–Crippen LogP) is 9.26. The third-order valence-electron chi connectivity index (χ3n) is 5.97. The Morgan fingerprint density at radius 2 is 0.731 bits per heavy atom. The van der Waals surface area contributed by atoms with E-state index in [9.17, 15) is 5.11 Å². The second-order valence-electron chi connectivity index (χ2n) is 8.61. The highest BCUT2D eigenvalue weighted by molar-refractivity contribution is 4.70. The van der Waals surface area contributed by atoms with Crippen LogP contribution in [0.3, 0.4) is 0 Å². The minimum Gasteiger partial charge on any atom is -0.233 e. The Morgan fingerprint density at radius 3 is 1.12 bits per heavy atom. The lowest BCUT2D eigenvalue weighted by molar-refractivity contribution is 0.0189. The first-order valence-corrected chi connectivity index (χ1v) is 12.4. The zero-order chi connectivity index (χ0) is 19.3. The van der Waals surface area contributed by atoms with Gasteiger partial charge in [0.1, 0.15) is 0 Å². The Hall–Kier alpha value is -0.0400. The molecule has 0 heterocycles. The van der Waals surface area contributed by atoms with Crippen molar-refractivity contribution >= 4 is 0 Å². The summed E-state index contributed by atoms with van der Waals surface area (Å²) in [5, 5.41) is 12.8. The molecule has 1 atom stereocenters. The molecule has 0 aromatic rings. The van der Waals surface area contributed by atoms with Gasteiger partial charge in [-0.25, -0.2) is 5.11 Å². The van der Waals surface area contributed by atoms with Crippen molar-refractivity contribution < 1.29 is 5.11 Å². The minimum atomic E-state index is -0.289. The van der Waals surface area contributed by atoms with Crippen molar-refractivity contribution in [3.8, 4) is 0 Å². The second-order valence-corrected chi connectivity index (χ2v) is 8.61. The summed E-state index contributed by atoms with van der Waals surface area (Å²) in [6, 6.07) is 0. The Kier molecular flexibility index (Phi) is 21.2. The lowest BCUT2D eigenvalue weighted by Gasteiger charge is -2.21. The first-order chi connectivity index (χ1) is 12.8. The van der Waals surface area contributed by atoms with Crippen LogP contribution in [0.1, 0.15) is 149 Å². The van der Waals surface area contributed by atoms with Crippen molar-refractivity contribution in [1.29, 1.82) is 0 Å². The summed E-state index contributed by atoms with van der Waals surface area (Å²) < 4.78 is 0. The summed E-state index contributed by atoms with van der Waals surface area (Å²) in [4.78, 5) is 0. The SMILES string of the molecule is CCCCCCCCC(CCCCCCCC)C([O])CCCCCCC. The fourth-order valence-corrected chi connectivity index (χ4v) is 4.07. The van der Waals surface area contributed by atoms with E-state index in [1.54, 1.807) is 0 Å². The molecule has 1 unspecified atom stereocenters. The molecule has 0 saturated heterocycles.